The quantitative estimate of drug-likeness (QED) is 0.400. The third kappa shape index (κ3) is 4.16. The Hall–Kier alpha value is -4.97. The number of nitrogens with one attached hydrogen (secondary N) is 1. The van der Waals surface area contributed by atoms with Crippen LogP contribution in [0, 0.1) is 25.2 Å². The zero-order valence-electron chi connectivity index (χ0n) is 20.0. The van der Waals surface area contributed by atoms with Gasteiger partial charge in [-0.3, -0.25) is 9.36 Å². The first kappa shape index (κ1) is 22.8. The van der Waals surface area contributed by atoms with E-state index in [0.29, 0.717) is 51.0 Å². The molecule has 1 atom stereocenters. The van der Waals surface area contributed by atoms with Crippen molar-refractivity contribution in [2.75, 3.05) is 5.32 Å². The molecule has 2 aromatic carbocycles. The number of aryl methyl sites for hydroxylation is 2. The molecule has 0 aliphatic heterocycles. The van der Waals surface area contributed by atoms with E-state index in [9.17, 15) is 10.1 Å². The summed E-state index contributed by atoms with van der Waals surface area (Å²) in [5.41, 5.74) is 2.76. The van der Waals surface area contributed by atoms with Gasteiger partial charge in [-0.05, 0) is 44.5 Å². The van der Waals surface area contributed by atoms with Gasteiger partial charge >= 0.3 is 0 Å². The molecule has 0 fully saturated rings. The number of anilines is 1. The smallest absolute Gasteiger partial charge is 0.266 e. The number of fused-ring (bicyclic) bond motifs is 1. The average Bonchev–Trinajstić information content (AvgIpc) is 2.89. The Balaban J connectivity index is 1.74. The summed E-state index contributed by atoms with van der Waals surface area (Å²) in [7, 11) is 0. The van der Waals surface area contributed by atoms with Crippen LogP contribution in [0.1, 0.15) is 36.0 Å². The Labute approximate surface area is 207 Å². The van der Waals surface area contributed by atoms with Gasteiger partial charge in [-0.2, -0.15) is 5.26 Å². The van der Waals surface area contributed by atoms with Gasteiger partial charge in [-0.1, -0.05) is 30.3 Å². The minimum atomic E-state index is -0.463. The number of nitriles is 1. The molecule has 1 unspecified atom stereocenters. The van der Waals surface area contributed by atoms with Crippen LogP contribution in [0.3, 0.4) is 0 Å². The average molecular weight is 475 g/mol. The zero-order valence-corrected chi connectivity index (χ0v) is 20.0. The van der Waals surface area contributed by atoms with Gasteiger partial charge in [-0.25, -0.2) is 24.9 Å². The van der Waals surface area contributed by atoms with Gasteiger partial charge in [0.1, 0.15) is 34.9 Å². The van der Waals surface area contributed by atoms with Gasteiger partial charge in [0.2, 0.25) is 0 Å². The maximum Gasteiger partial charge on any atom is 0.266 e. The number of nitrogens with zero attached hydrogens (tertiary/aromatic N) is 7. The Bertz CT molecular complexity index is 1670. The molecule has 0 aliphatic carbocycles. The predicted octanol–water partition coefficient (Wildman–Crippen LogP) is 4.29. The molecule has 36 heavy (non-hydrogen) atoms. The summed E-state index contributed by atoms with van der Waals surface area (Å²) in [6.07, 6.45) is 4.90. The molecule has 5 rings (SSSR count). The number of para-hydroxylation sites is 1. The largest absolute Gasteiger partial charge is 0.359 e. The monoisotopic (exact) mass is 474 g/mol. The SMILES string of the molecule is Cc1ncc(-c2cccc3nc(C(C)Nc4nc(C)ncc4C#N)n(-c4ccccc4)c(=O)c23)cn1. The second-order valence-corrected chi connectivity index (χ2v) is 8.32. The third-order valence-corrected chi connectivity index (χ3v) is 5.80. The van der Waals surface area contributed by atoms with Crippen LogP contribution in [0.4, 0.5) is 5.82 Å². The van der Waals surface area contributed by atoms with Crippen molar-refractivity contribution in [2.24, 2.45) is 0 Å². The third-order valence-electron chi connectivity index (χ3n) is 5.80. The number of hydrogen-bond donors (Lipinski definition) is 1. The second-order valence-electron chi connectivity index (χ2n) is 8.32. The summed E-state index contributed by atoms with van der Waals surface area (Å²) < 4.78 is 1.60. The van der Waals surface area contributed by atoms with Crippen molar-refractivity contribution in [3.8, 4) is 22.9 Å². The summed E-state index contributed by atoms with van der Waals surface area (Å²) in [6.45, 7) is 5.44. The van der Waals surface area contributed by atoms with E-state index in [1.807, 2.05) is 62.4 Å². The fraction of sp³-hybridized carbons (Fsp3) is 0.148. The lowest BCUT2D eigenvalue weighted by Crippen LogP contribution is -2.28. The van der Waals surface area contributed by atoms with Gasteiger partial charge in [0.25, 0.3) is 5.56 Å². The summed E-state index contributed by atoms with van der Waals surface area (Å²) in [6, 6.07) is 16.5. The number of rotatable bonds is 5. The highest BCUT2D eigenvalue weighted by Gasteiger charge is 2.21. The Morgan fingerprint density at radius 3 is 2.36 bits per heavy atom. The molecule has 176 valence electrons. The molecule has 3 aromatic heterocycles. The lowest BCUT2D eigenvalue weighted by atomic mass is 10.0. The first-order chi connectivity index (χ1) is 17.5. The zero-order chi connectivity index (χ0) is 25.2. The van der Waals surface area contributed by atoms with Crippen molar-refractivity contribution in [1.29, 1.82) is 5.26 Å². The predicted molar refractivity (Wildman–Crippen MR) is 137 cm³/mol. The van der Waals surface area contributed by atoms with Gasteiger partial charge in [0.05, 0.1) is 28.8 Å². The molecule has 0 saturated heterocycles. The van der Waals surface area contributed by atoms with Crippen LogP contribution in [0.2, 0.25) is 0 Å². The van der Waals surface area contributed by atoms with Crippen LogP contribution in [0.25, 0.3) is 27.7 Å². The van der Waals surface area contributed by atoms with Crippen LogP contribution >= 0.6 is 0 Å². The molecule has 9 nitrogen and oxygen atoms in total. The van der Waals surface area contributed by atoms with E-state index in [1.54, 1.807) is 23.9 Å². The lowest BCUT2D eigenvalue weighted by molar-refractivity contribution is 0.729. The van der Waals surface area contributed by atoms with Crippen molar-refractivity contribution in [1.82, 2.24) is 29.5 Å². The molecule has 3 heterocycles. The van der Waals surface area contributed by atoms with Crippen molar-refractivity contribution in [2.45, 2.75) is 26.8 Å². The minimum Gasteiger partial charge on any atom is -0.359 e. The Kier molecular flexibility index (Phi) is 5.92. The summed E-state index contributed by atoms with van der Waals surface area (Å²) in [5.74, 6) is 2.05. The highest BCUT2D eigenvalue weighted by molar-refractivity contribution is 5.94. The van der Waals surface area contributed by atoms with Gasteiger partial charge in [0, 0.05) is 18.0 Å². The molecule has 0 bridgehead atoms. The summed E-state index contributed by atoms with van der Waals surface area (Å²) >= 11 is 0. The van der Waals surface area contributed by atoms with Crippen LogP contribution in [-0.2, 0) is 0 Å². The summed E-state index contributed by atoms with van der Waals surface area (Å²) in [4.78, 5) is 36.1. The van der Waals surface area contributed by atoms with E-state index in [-0.39, 0.29) is 5.56 Å². The normalized spacial score (nSPS) is 11.7. The van der Waals surface area contributed by atoms with Crippen LogP contribution < -0.4 is 10.9 Å². The maximum atomic E-state index is 14.1. The summed E-state index contributed by atoms with van der Waals surface area (Å²) in [5, 5.41) is 13.2. The molecule has 0 spiro atoms. The Morgan fingerprint density at radius 2 is 1.64 bits per heavy atom. The highest BCUT2D eigenvalue weighted by Crippen LogP contribution is 2.28. The van der Waals surface area contributed by atoms with Crippen LogP contribution in [0.15, 0.2) is 71.9 Å². The van der Waals surface area contributed by atoms with E-state index in [0.717, 1.165) is 5.56 Å². The molecule has 9 heteroatoms. The van der Waals surface area contributed by atoms with Gasteiger partial charge in [0.15, 0.2) is 0 Å². The molecule has 5 aromatic rings. The van der Waals surface area contributed by atoms with Gasteiger partial charge < -0.3 is 5.32 Å². The number of aromatic nitrogens is 6. The number of benzene rings is 2. The standard InChI is InChI=1S/C27H22N8O/c1-16(32-25-19(12-28)13-31-18(3)33-25)26-34-23-11-7-10-22(20-14-29-17(2)30-15-20)24(23)27(36)35(26)21-8-5-4-6-9-21/h4-11,13-16H,1-3H3,(H,31,32,33). The molecule has 0 radical (unpaired) electrons. The number of hydrogen-bond acceptors (Lipinski definition) is 8. The maximum absolute atomic E-state index is 14.1. The van der Waals surface area contributed by atoms with Crippen LogP contribution in [-0.4, -0.2) is 29.5 Å². The van der Waals surface area contributed by atoms with E-state index in [2.05, 4.69) is 31.3 Å². The minimum absolute atomic E-state index is 0.217. The fourth-order valence-corrected chi connectivity index (χ4v) is 4.07. The van der Waals surface area contributed by atoms with Gasteiger partial charge in [-0.15, -0.1) is 0 Å². The van der Waals surface area contributed by atoms with E-state index < -0.39 is 6.04 Å². The van der Waals surface area contributed by atoms with E-state index >= 15 is 0 Å². The molecule has 0 saturated carbocycles. The van der Waals surface area contributed by atoms with Crippen molar-refractivity contribution < 1.29 is 0 Å². The topological polar surface area (TPSA) is 122 Å². The first-order valence-electron chi connectivity index (χ1n) is 11.4. The lowest BCUT2D eigenvalue weighted by Gasteiger charge is -2.21. The van der Waals surface area contributed by atoms with E-state index in [1.165, 1.54) is 6.20 Å². The Morgan fingerprint density at radius 1 is 0.917 bits per heavy atom. The molecule has 1 N–H and O–H groups in total. The second kappa shape index (κ2) is 9.35. The molecule has 0 aliphatic rings. The van der Waals surface area contributed by atoms with Crippen molar-refractivity contribution >= 4 is 16.7 Å². The fourth-order valence-electron chi connectivity index (χ4n) is 4.07. The van der Waals surface area contributed by atoms with Crippen molar-refractivity contribution in [3.05, 3.63) is 101 Å². The molecular formula is C27H22N8O. The molecular weight excluding hydrogens is 452 g/mol. The van der Waals surface area contributed by atoms with Crippen molar-refractivity contribution in [3.63, 3.8) is 0 Å². The van der Waals surface area contributed by atoms with E-state index in [4.69, 9.17) is 4.98 Å². The highest BCUT2D eigenvalue weighted by atomic mass is 16.1. The first-order valence-corrected chi connectivity index (χ1v) is 11.4. The molecule has 0 amide bonds. The van der Waals surface area contributed by atoms with Crippen LogP contribution in [0.5, 0.6) is 0 Å².